The predicted octanol–water partition coefficient (Wildman–Crippen LogP) is 0.712. The number of carbonyl (C=O) groups is 1. The minimum Gasteiger partial charge on any atom is -0.298 e. The maximum atomic E-state index is 12.2. The third-order valence-corrected chi connectivity index (χ3v) is 6.61. The van der Waals surface area contributed by atoms with Crippen LogP contribution in [0.25, 0.3) is 11.4 Å². The lowest BCUT2D eigenvalue weighted by atomic mass is 10.0. The largest absolute Gasteiger partial charge is 0.298 e. The van der Waals surface area contributed by atoms with Gasteiger partial charge in [-0.25, -0.2) is 9.67 Å². The fourth-order valence-corrected chi connectivity index (χ4v) is 5.00. The van der Waals surface area contributed by atoms with Crippen molar-refractivity contribution in [3.05, 3.63) is 22.7 Å². The Morgan fingerprint density at radius 3 is 2.78 bits per heavy atom. The number of likely N-dealkylation sites (N-methyl/N-ethyl adjacent to an activating group) is 1. The Hall–Kier alpha value is -1.62. The van der Waals surface area contributed by atoms with E-state index >= 15 is 0 Å². The molecule has 1 N–H and O–H groups in total. The second-order valence-electron chi connectivity index (χ2n) is 5.50. The van der Waals surface area contributed by atoms with E-state index in [2.05, 4.69) is 14.8 Å². The number of nitrogens with zero attached hydrogens (tertiary/aromatic N) is 4. The van der Waals surface area contributed by atoms with E-state index in [4.69, 9.17) is 0 Å². The summed E-state index contributed by atoms with van der Waals surface area (Å²) in [7, 11) is -0.454. The van der Waals surface area contributed by atoms with Crippen LogP contribution in [-0.2, 0) is 22.1 Å². The number of thiophene rings is 1. The monoisotopic (exact) mass is 355 g/mol. The van der Waals surface area contributed by atoms with Crippen LogP contribution < -0.4 is 4.72 Å². The molecule has 0 unspecified atom stereocenters. The molecule has 0 amide bonds. The van der Waals surface area contributed by atoms with Crippen LogP contribution in [0.5, 0.6) is 0 Å². The Bertz CT molecular complexity index is 841. The zero-order chi connectivity index (χ0) is 16.8. The highest BCUT2D eigenvalue weighted by Gasteiger charge is 2.39. The maximum Gasteiger partial charge on any atom is 0.280 e. The number of ketones is 1. The number of aromatic nitrogens is 3. The van der Waals surface area contributed by atoms with Gasteiger partial charge >= 0.3 is 0 Å². The molecule has 1 aliphatic heterocycles. The van der Waals surface area contributed by atoms with E-state index in [0.29, 0.717) is 12.2 Å². The van der Waals surface area contributed by atoms with Crippen molar-refractivity contribution in [3.8, 4) is 11.4 Å². The Labute approximate surface area is 138 Å². The first-order valence-corrected chi connectivity index (χ1v) is 9.30. The minimum atomic E-state index is -3.67. The van der Waals surface area contributed by atoms with E-state index in [0.717, 1.165) is 14.7 Å². The topological polar surface area (TPSA) is 97.2 Å². The van der Waals surface area contributed by atoms with Gasteiger partial charge in [0.1, 0.15) is 12.1 Å². The molecule has 2 aromatic heterocycles. The van der Waals surface area contributed by atoms with Crippen LogP contribution in [0.3, 0.4) is 0 Å². The SMILES string of the molecule is CC(=O)[C@@H]1C[C@H](c2cc(-c3ncnn3C)cs2)NS(=O)(=O)N1C. The zero-order valence-electron chi connectivity index (χ0n) is 12.9. The molecule has 8 nitrogen and oxygen atoms in total. The molecule has 124 valence electrons. The maximum absolute atomic E-state index is 12.2. The summed E-state index contributed by atoms with van der Waals surface area (Å²) in [5.41, 5.74) is 0.877. The zero-order valence-corrected chi connectivity index (χ0v) is 14.6. The average molecular weight is 355 g/mol. The van der Waals surface area contributed by atoms with Gasteiger partial charge in [-0.15, -0.1) is 11.3 Å². The third-order valence-electron chi connectivity index (χ3n) is 3.97. The summed E-state index contributed by atoms with van der Waals surface area (Å²) >= 11 is 1.44. The smallest absolute Gasteiger partial charge is 0.280 e. The van der Waals surface area contributed by atoms with Crippen LogP contribution in [0.15, 0.2) is 17.8 Å². The molecule has 10 heteroatoms. The van der Waals surface area contributed by atoms with Gasteiger partial charge < -0.3 is 0 Å². The van der Waals surface area contributed by atoms with E-state index in [9.17, 15) is 13.2 Å². The van der Waals surface area contributed by atoms with Gasteiger partial charge in [0.2, 0.25) is 0 Å². The van der Waals surface area contributed by atoms with E-state index in [1.54, 1.807) is 11.7 Å². The lowest BCUT2D eigenvalue weighted by Crippen LogP contribution is -2.54. The second-order valence-corrected chi connectivity index (χ2v) is 8.20. The van der Waals surface area contributed by atoms with Crippen LogP contribution in [0.1, 0.15) is 24.3 Å². The predicted molar refractivity (Wildman–Crippen MR) is 86.0 cm³/mol. The summed E-state index contributed by atoms with van der Waals surface area (Å²) in [5.74, 6) is 0.555. The molecule has 2 atom stereocenters. The van der Waals surface area contributed by atoms with Gasteiger partial charge in [0.15, 0.2) is 5.82 Å². The first kappa shape index (κ1) is 16.2. The van der Waals surface area contributed by atoms with Gasteiger partial charge in [0.05, 0.1) is 12.1 Å². The molecule has 23 heavy (non-hydrogen) atoms. The average Bonchev–Trinajstić information content (AvgIpc) is 3.09. The standard InChI is InChI=1S/C13H17N5O3S2/c1-8(19)11-5-10(16-23(20,21)18(11)3)12-4-9(6-22-12)13-14-7-15-17(13)2/h4,6-7,10-11,16H,5H2,1-3H3/t10-,11+/m1/s1. The number of hydrogen-bond donors (Lipinski definition) is 1. The van der Waals surface area contributed by atoms with Gasteiger partial charge in [0.25, 0.3) is 10.2 Å². The highest BCUT2D eigenvalue weighted by atomic mass is 32.2. The summed E-state index contributed by atoms with van der Waals surface area (Å²) < 4.78 is 29.8. The van der Waals surface area contributed by atoms with E-state index in [1.807, 2.05) is 11.4 Å². The van der Waals surface area contributed by atoms with Crippen LogP contribution >= 0.6 is 11.3 Å². The van der Waals surface area contributed by atoms with Crippen molar-refractivity contribution in [2.24, 2.45) is 7.05 Å². The first-order chi connectivity index (χ1) is 10.8. The Balaban J connectivity index is 1.92. The molecule has 0 aromatic carbocycles. The van der Waals surface area contributed by atoms with E-state index in [-0.39, 0.29) is 5.78 Å². The van der Waals surface area contributed by atoms with Gasteiger partial charge in [-0.05, 0) is 19.4 Å². The van der Waals surface area contributed by atoms with Crippen molar-refractivity contribution in [2.75, 3.05) is 7.05 Å². The van der Waals surface area contributed by atoms with Crippen LogP contribution in [-0.4, -0.2) is 46.4 Å². The molecule has 2 aromatic rings. The van der Waals surface area contributed by atoms with Crippen molar-refractivity contribution < 1.29 is 13.2 Å². The highest BCUT2D eigenvalue weighted by molar-refractivity contribution is 7.87. The Morgan fingerprint density at radius 1 is 1.43 bits per heavy atom. The fraction of sp³-hybridized carbons (Fsp3) is 0.462. The third kappa shape index (κ3) is 2.94. The number of rotatable bonds is 3. The van der Waals surface area contributed by atoms with Crippen molar-refractivity contribution in [1.29, 1.82) is 0 Å². The Kier molecular flexibility index (Phi) is 4.08. The summed E-state index contributed by atoms with van der Waals surface area (Å²) in [6, 6.07) is 0.827. The number of hydrogen-bond acceptors (Lipinski definition) is 6. The number of aryl methyl sites for hydroxylation is 1. The van der Waals surface area contributed by atoms with Gasteiger partial charge in [-0.3, -0.25) is 4.79 Å². The molecule has 0 aliphatic carbocycles. The number of Topliss-reactive ketones (excluding diaryl/α,β-unsaturated/α-hetero) is 1. The van der Waals surface area contributed by atoms with Crippen molar-refractivity contribution in [3.63, 3.8) is 0 Å². The Morgan fingerprint density at radius 2 is 2.17 bits per heavy atom. The molecule has 0 bridgehead atoms. The molecule has 0 radical (unpaired) electrons. The fourth-order valence-electron chi connectivity index (χ4n) is 2.66. The summed E-state index contributed by atoms with van der Waals surface area (Å²) in [4.78, 5) is 16.8. The second kappa shape index (κ2) is 5.78. The molecule has 1 saturated heterocycles. The van der Waals surface area contributed by atoms with Crippen LogP contribution in [0.2, 0.25) is 0 Å². The van der Waals surface area contributed by atoms with E-state index < -0.39 is 22.3 Å². The quantitative estimate of drug-likeness (QED) is 0.875. The van der Waals surface area contributed by atoms with Crippen molar-refractivity contribution in [2.45, 2.75) is 25.4 Å². The molecule has 3 rings (SSSR count). The van der Waals surface area contributed by atoms with Gasteiger partial charge in [-0.1, -0.05) is 0 Å². The minimum absolute atomic E-state index is 0.160. The molecular weight excluding hydrogens is 338 g/mol. The summed E-state index contributed by atoms with van der Waals surface area (Å²) in [6.07, 6.45) is 1.88. The molecule has 3 heterocycles. The van der Waals surface area contributed by atoms with Crippen molar-refractivity contribution >= 4 is 27.3 Å². The summed E-state index contributed by atoms with van der Waals surface area (Å²) in [6.45, 7) is 1.42. The highest BCUT2D eigenvalue weighted by Crippen LogP contribution is 2.34. The normalized spacial score (nSPS) is 24.7. The molecule has 0 spiro atoms. The molecule has 1 fully saturated rings. The van der Waals surface area contributed by atoms with Crippen LogP contribution in [0.4, 0.5) is 0 Å². The van der Waals surface area contributed by atoms with Crippen molar-refractivity contribution in [1.82, 2.24) is 23.8 Å². The van der Waals surface area contributed by atoms with Gasteiger partial charge in [-0.2, -0.15) is 22.5 Å². The molecule has 1 aliphatic rings. The number of carbonyl (C=O) groups excluding carboxylic acids is 1. The van der Waals surface area contributed by atoms with E-state index in [1.165, 1.54) is 31.6 Å². The lowest BCUT2D eigenvalue weighted by molar-refractivity contribution is -0.121. The van der Waals surface area contributed by atoms with Gasteiger partial charge in [0, 0.05) is 29.9 Å². The summed E-state index contributed by atoms with van der Waals surface area (Å²) in [5, 5.41) is 5.94. The molecular formula is C13H17N5O3S2. The number of nitrogens with one attached hydrogen (secondary N) is 1. The van der Waals surface area contributed by atoms with Crippen LogP contribution in [0, 0.1) is 0 Å². The molecule has 0 saturated carbocycles. The lowest BCUT2D eigenvalue weighted by Gasteiger charge is -2.35. The first-order valence-electron chi connectivity index (χ1n) is 6.98.